The van der Waals surface area contributed by atoms with Gasteiger partial charge in [0.25, 0.3) is 0 Å². The van der Waals surface area contributed by atoms with E-state index in [2.05, 4.69) is 0 Å². The molecule has 0 aromatic rings. The molecule has 0 radical (unpaired) electrons. The average Bonchev–Trinajstić information content (AvgIpc) is 3.52. The van der Waals surface area contributed by atoms with Crippen molar-refractivity contribution in [2.75, 3.05) is 13.7 Å². The third kappa shape index (κ3) is 4.76. The van der Waals surface area contributed by atoms with E-state index in [1.54, 1.807) is 0 Å². The molecule has 0 spiro atoms. The highest BCUT2D eigenvalue weighted by molar-refractivity contribution is 5.92. The van der Waals surface area contributed by atoms with E-state index in [1.807, 2.05) is 33.8 Å². The lowest BCUT2D eigenvalue weighted by Crippen LogP contribution is -2.56. The molecule has 9 nitrogen and oxygen atoms in total. The van der Waals surface area contributed by atoms with Crippen molar-refractivity contribution < 1.29 is 44.6 Å². The Labute approximate surface area is 231 Å². The summed E-state index contributed by atoms with van der Waals surface area (Å²) in [5, 5.41) is 53.1. The molecule has 5 N–H and O–H groups in total. The van der Waals surface area contributed by atoms with Crippen LogP contribution in [-0.2, 0) is 19.1 Å². The minimum atomic E-state index is -1.44. The molecular weight excluding hydrogens is 504 g/mol. The van der Waals surface area contributed by atoms with Crippen LogP contribution in [-0.4, -0.2) is 81.7 Å². The molecule has 4 aliphatic carbocycles. The maximum Gasteiger partial charge on any atom is 0.315 e. The van der Waals surface area contributed by atoms with Crippen molar-refractivity contribution in [2.45, 2.75) is 103 Å². The average molecular weight is 553 g/mol. The minimum Gasteiger partial charge on any atom is -0.481 e. The van der Waals surface area contributed by atoms with Crippen molar-refractivity contribution in [2.24, 2.45) is 46.3 Å². The van der Waals surface area contributed by atoms with Gasteiger partial charge in [0.15, 0.2) is 0 Å². The number of ether oxygens (including phenoxy) is 2. The summed E-state index contributed by atoms with van der Waals surface area (Å²) in [6.07, 6.45) is 1.97. The van der Waals surface area contributed by atoms with Gasteiger partial charge in [0, 0.05) is 13.7 Å². The van der Waals surface area contributed by atoms with Gasteiger partial charge in [-0.25, -0.2) is 0 Å². The number of aliphatic hydroxyl groups is 3. The first kappa shape index (κ1) is 30.4. The lowest BCUT2D eigenvalue weighted by molar-refractivity contribution is -0.178. The maximum atomic E-state index is 13.2. The fourth-order valence-electron chi connectivity index (χ4n) is 9.09. The van der Waals surface area contributed by atoms with Crippen LogP contribution >= 0.6 is 0 Å². The summed E-state index contributed by atoms with van der Waals surface area (Å²) in [6, 6.07) is 0. The molecule has 12 atom stereocenters. The molecule has 0 saturated heterocycles. The van der Waals surface area contributed by atoms with E-state index in [4.69, 9.17) is 9.47 Å². The van der Waals surface area contributed by atoms with Crippen LogP contribution in [0.1, 0.15) is 72.6 Å². The number of fused-ring (bicyclic) bond motifs is 2. The van der Waals surface area contributed by atoms with Gasteiger partial charge < -0.3 is 35.0 Å². The molecule has 0 heterocycles. The molecule has 3 fully saturated rings. The third-order valence-corrected chi connectivity index (χ3v) is 10.9. The van der Waals surface area contributed by atoms with Gasteiger partial charge in [0.2, 0.25) is 0 Å². The summed E-state index contributed by atoms with van der Waals surface area (Å²) in [7, 11) is 1.52. The van der Waals surface area contributed by atoms with Crippen LogP contribution in [0.5, 0.6) is 0 Å². The highest BCUT2D eigenvalue weighted by Gasteiger charge is 2.75. The fraction of sp³-hybridized carbons (Fsp3) is 0.867. The molecule has 222 valence electrons. The van der Waals surface area contributed by atoms with Crippen LogP contribution in [0, 0.1) is 46.3 Å². The molecular formula is C30H48O9. The SMILES string of the molecule is COC1C(C)CC(OCCCCC2C(C)C(O)CC2[C@@]2(C(=O)O)CC3C=C(C(C)C)[C@@]2(C(=O)O)C3)C(O)C1O. The Kier molecular flexibility index (Phi) is 8.89. The number of carboxylic acid groups (broad SMARTS) is 2. The molecule has 4 rings (SSSR count). The molecule has 0 amide bonds. The van der Waals surface area contributed by atoms with Crippen LogP contribution in [0.25, 0.3) is 0 Å². The van der Waals surface area contributed by atoms with E-state index in [9.17, 15) is 35.1 Å². The van der Waals surface area contributed by atoms with Gasteiger partial charge in [-0.1, -0.05) is 45.8 Å². The number of hydrogen-bond acceptors (Lipinski definition) is 7. The second-order valence-corrected chi connectivity index (χ2v) is 13.2. The predicted molar refractivity (Wildman–Crippen MR) is 143 cm³/mol. The molecule has 3 saturated carbocycles. The van der Waals surface area contributed by atoms with Crippen LogP contribution < -0.4 is 0 Å². The second-order valence-electron chi connectivity index (χ2n) is 13.2. The Bertz CT molecular complexity index is 949. The number of rotatable bonds is 11. The molecule has 0 aliphatic heterocycles. The predicted octanol–water partition coefficient (Wildman–Crippen LogP) is 3.10. The topological polar surface area (TPSA) is 154 Å². The molecule has 2 bridgehead atoms. The van der Waals surface area contributed by atoms with E-state index in [-0.39, 0.29) is 29.6 Å². The van der Waals surface area contributed by atoms with Gasteiger partial charge in [-0.3, -0.25) is 9.59 Å². The molecule has 10 unspecified atom stereocenters. The Balaban J connectivity index is 1.46. The van der Waals surface area contributed by atoms with E-state index < -0.39 is 59.2 Å². The third-order valence-electron chi connectivity index (χ3n) is 10.9. The van der Waals surface area contributed by atoms with Crippen LogP contribution in [0.15, 0.2) is 11.6 Å². The van der Waals surface area contributed by atoms with Gasteiger partial charge >= 0.3 is 11.9 Å². The van der Waals surface area contributed by atoms with Crippen molar-refractivity contribution in [1.29, 1.82) is 0 Å². The Morgan fingerprint density at radius 3 is 2.31 bits per heavy atom. The summed E-state index contributed by atoms with van der Waals surface area (Å²) in [5.74, 6) is -2.90. The van der Waals surface area contributed by atoms with Crippen molar-refractivity contribution in [3.05, 3.63) is 11.6 Å². The number of allylic oxidation sites excluding steroid dienone is 1. The standard InChI is InChI=1S/C30H48O9/c1-15(2)20-11-18-13-29(20,27(34)35)30(14-18,28(36)37)21-12-22(31)17(4)19(21)8-6-7-9-39-23-10-16(3)26(38-5)25(33)24(23)32/h11,15-19,21-26,31-33H,6-10,12-14H2,1-5H3,(H,34,35)(H,36,37)/t16?,17?,18?,19?,21?,22?,23?,24?,25?,26?,29-,30-/m1/s1. The van der Waals surface area contributed by atoms with E-state index in [1.165, 1.54) is 7.11 Å². The summed E-state index contributed by atoms with van der Waals surface area (Å²) >= 11 is 0. The van der Waals surface area contributed by atoms with Gasteiger partial charge in [-0.2, -0.15) is 0 Å². The first-order valence-corrected chi connectivity index (χ1v) is 14.7. The van der Waals surface area contributed by atoms with Crippen molar-refractivity contribution in [3.8, 4) is 0 Å². The van der Waals surface area contributed by atoms with Gasteiger partial charge in [-0.15, -0.1) is 0 Å². The Hall–Kier alpha value is -1.52. The number of carbonyl (C=O) groups is 2. The lowest BCUT2D eigenvalue weighted by Gasteiger charge is -2.48. The van der Waals surface area contributed by atoms with Crippen LogP contribution in [0.2, 0.25) is 0 Å². The molecule has 0 aromatic carbocycles. The highest BCUT2D eigenvalue weighted by atomic mass is 16.5. The maximum absolute atomic E-state index is 13.2. The first-order valence-electron chi connectivity index (χ1n) is 14.7. The number of hydrogen-bond donors (Lipinski definition) is 5. The van der Waals surface area contributed by atoms with Crippen LogP contribution in [0.4, 0.5) is 0 Å². The van der Waals surface area contributed by atoms with Gasteiger partial charge in [0.05, 0.1) is 23.7 Å². The molecule has 4 aliphatic rings. The van der Waals surface area contributed by atoms with Gasteiger partial charge in [0.1, 0.15) is 17.6 Å². The quantitative estimate of drug-likeness (QED) is 0.192. The smallest absolute Gasteiger partial charge is 0.315 e. The molecule has 0 aromatic heterocycles. The van der Waals surface area contributed by atoms with Crippen molar-refractivity contribution >= 4 is 11.9 Å². The number of unbranched alkanes of at least 4 members (excludes halogenated alkanes) is 1. The summed E-state index contributed by atoms with van der Waals surface area (Å²) in [5.41, 5.74) is -2.16. The number of aliphatic carboxylic acids is 2. The summed E-state index contributed by atoms with van der Waals surface area (Å²) < 4.78 is 11.3. The zero-order valence-electron chi connectivity index (χ0n) is 24.0. The van der Waals surface area contributed by atoms with Crippen molar-refractivity contribution in [1.82, 2.24) is 0 Å². The van der Waals surface area contributed by atoms with Crippen LogP contribution in [0.3, 0.4) is 0 Å². The number of carboxylic acids is 2. The monoisotopic (exact) mass is 552 g/mol. The van der Waals surface area contributed by atoms with E-state index in [0.717, 1.165) is 12.0 Å². The Morgan fingerprint density at radius 2 is 1.72 bits per heavy atom. The minimum absolute atomic E-state index is 0.0419. The summed E-state index contributed by atoms with van der Waals surface area (Å²) in [6.45, 7) is 8.18. The lowest BCUT2D eigenvalue weighted by atomic mass is 9.51. The molecule has 9 heteroatoms. The first-order chi connectivity index (χ1) is 18.3. The Morgan fingerprint density at radius 1 is 1.03 bits per heavy atom. The largest absolute Gasteiger partial charge is 0.481 e. The number of methoxy groups -OCH3 is 1. The van der Waals surface area contributed by atoms with E-state index >= 15 is 0 Å². The normalized spacial score (nSPS) is 45.6. The fourth-order valence-corrected chi connectivity index (χ4v) is 9.09. The molecule has 39 heavy (non-hydrogen) atoms. The van der Waals surface area contributed by atoms with Gasteiger partial charge in [-0.05, 0) is 74.0 Å². The van der Waals surface area contributed by atoms with E-state index in [0.29, 0.717) is 45.1 Å². The second kappa shape index (κ2) is 11.4. The number of aliphatic hydroxyl groups excluding tert-OH is 3. The zero-order valence-corrected chi connectivity index (χ0v) is 24.0. The van der Waals surface area contributed by atoms with Crippen molar-refractivity contribution in [3.63, 3.8) is 0 Å². The zero-order chi connectivity index (χ0) is 28.9. The highest BCUT2D eigenvalue weighted by Crippen LogP contribution is 2.71. The summed E-state index contributed by atoms with van der Waals surface area (Å²) in [4.78, 5) is 26.1.